The molecule has 0 radical (unpaired) electrons. The molecule has 0 amide bonds. The molecule has 0 saturated carbocycles. The van der Waals surface area contributed by atoms with Gasteiger partial charge < -0.3 is 10.1 Å². The van der Waals surface area contributed by atoms with Crippen molar-refractivity contribution in [2.75, 3.05) is 12.4 Å². The number of ether oxygens (including phenoxy) is 1. The van der Waals surface area contributed by atoms with E-state index in [-0.39, 0.29) is 1.43 Å². The molecule has 0 bridgehead atoms. The first kappa shape index (κ1) is 8.59. The van der Waals surface area contributed by atoms with Crippen LogP contribution in [0.5, 0.6) is 0 Å². The molecule has 0 saturated heterocycles. The van der Waals surface area contributed by atoms with E-state index in [1.807, 2.05) is 31.3 Å². The summed E-state index contributed by atoms with van der Waals surface area (Å²) < 4.78 is 4.59. The Bertz CT molecular complexity index is 248. The topological polar surface area (TPSA) is 38.3 Å². The molecule has 12 heavy (non-hydrogen) atoms. The van der Waals surface area contributed by atoms with Crippen molar-refractivity contribution in [1.29, 1.82) is 0 Å². The largest absolute Gasteiger partial charge is 0.463 e. The van der Waals surface area contributed by atoms with Crippen LogP contribution in [-0.2, 0) is 16.1 Å². The number of carbonyl (C=O) groups excluding carboxylic acids is 1. The zero-order valence-electron chi connectivity index (χ0n) is 6.91. The zero-order valence-corrected chi connectivity index (χ0v) is 6.91. The Kier molecular flexibility index (Phi) is 3.14. The van der Waals surface area contributed by atoms with Crippen LogP contribution in [0.3, 0.4) is 0 Å². The van der Waals surface area contributed by atoms with Crippen LogP contribution >= 0.6 is 0 Å². The summed E-state index contributed by atoms with van der Waals surface area (Å²) in [7, 11) is 1.86. The summed E-state index contributed by atoms with van der Waals surface area (Å²) in [6.45, 7) is 0.791. The van der Waals surface area contributed by atoms with Crippen molar-refractivity contribution in [1.82, 2.24) is 0 Å². The highest BCUT2D eigenvalue weighted by atomic mass is 16.5. The van der Waals surface area contributed by atoms with Crippen molar-refractivity contribution in [2.24, 2.45) is 0 Å². The number of nitrogens with one attached hydrogen (secondary N) is 1. The van der Waals surface area contributed by atoms with Crippen LogP contribution in [0.25, 0.3) is 0 Å². The van der Waals surface area contributed by atoms with Gasteiger partial charge in [0.15, 0.2) is 0 Å². The van der Waals surface area contributed by atoms with Gasteiger partial charge in [-0.2, -0.15) is 0 Å². The normalized spacial score (nSPS) is 9.08. The van der Waals surface area contributed by atoms with Crippen molar-refractivity contribution in [3.63, 3.8) is 0 Å². The number of benzene rings is 1. The fourth-order valence-corrected chi connectivity index (χ4v) is 0.898. The number of hydrogen-bond donors (Lipinski definition) is 1. The van der Waals surface area contributed by atoms with E-state index in [4.69, 9.17) is 0 Å². The lowest BCUT2D eigenvalue weighted by Crippen LogP contribution is -1.91. The van der Waals surface area contributed by atoms with Gasteiger partial charge in [-0.25, -0.2) is 0 Å². The van der Waals surface area contributed by atoms with E-state index in [2.05, 4.69) is 10.1 Å². The van der Waals surface area contributed by atoms with Crippen LogP contribution in [0.1, 0.15) is 6.99 Å². The van der Waals surface area contributed by atoms with Gasteiger partial charge in [-0.3, -0.25) is 4.79 Å². The van der Waals surface area contributed by atoms with Crippen LogP contribution in [0.2, 0.25) is 0 Å². The number of anilines is 1. The molecule has 1 aromatic carbocycles. The molecule has 3 nitrogen and oxygen atoms in total. The van der Waals surface area contributed by atoms with Crippen molar-refractivity contribution in [3.8, 4) is 0 Å². The number of rotatable bonds is 4. The smallest absolute Gasteiger partial charge is 0.293 e. The highest BCUT2D eigenvalue weighted by molar-refractivity contribution is 5.44. The van der Waals surface area contributed by atoms with Gasteiger partial charge in [0, 0.05) is 14.2 Å². The lowest BCUT2D eigenvalue weighted by Gasteiger charge is -2.01. The first-order valence-electron chi connectivity index (χ1n) is 3.69. The molecule has 0 spiro atoms. The lowest BCUT2D eigenvalue weighted by atomic mass is 10.2. The van der Waals surface area contributed by atoms with Crippen molar-refractivity contribution in [3.05, 3.63) is 29.8 Å². The Hall–Kier alpha value is -1.51. The quantitative estimate of drug-likeness (QED) is 0.693. The molecule has 0 atom stereocenters. The van der Waals surface area contributed by atoms with Gasteiger partial charge in [-0.1, -0.05) is 12.1 Å². The minimum absolute atomic E-state index is 0. The monoisotopic (exact) mass is 167 g/mol. The Morgan fingerprint density at radius 1 is 1.50 bits per heavy atom. The maximum atomic E-state index is 9.87. The van der Waals surface area contributed by atoms with Crippen molar-refractivity contribution >= 4 is 12.2 Å². The molecule has 0 aliphatic heterocycles. The second-order valence-electron chi connectivity index (χ2n) is 2.35. The van der Waals surface area contributed by atoms with Gasteiger partial charge in [-0.05, 0) is 17.7 Å². The van der Waals surface area contributed by atoms with Crippen LogP contribution in [0.4, 0.5) is 5.69 Å². The van der Waals surface area contributed by atoms with E-state index in [1.165, 1.54) is 0 Å². The second-order valence-corrected chi connectivity index (χ2v) is 2.35. The Labute approximate surface area is 72.8 Å². The average Bonchev–Trinajstić information content (AvgIpc) is 2.15. The SMILES string of the molecule is CNc1ccc(COC=O)cc1.[HH]. The predicted octanol–water partition coefficient (Wildman–Crippen LogP) is 1.65. The molecule has 66 valence electrons. The highest BCUT2D eigenvalue weighted by Gasteiger charge is 1.91. The molecule has 0 unspecified atom stereocenters. The Balaban J connectivity index is 0.00000144. The third-order valence-corrected chi connectivity index (χ3v) is 1.56. The summed E-state index contributed by atoms with van der Waals surface area (Å²) in [4.78, 5) is 9.87. The fourth-order valence-electron chi connectivity index (χ4n) is 0.898. The maximum Gasteiger partial charge on any atom is 0.293 e. The summed E-state index contributed by atoms with van der Waals surface area (Å²) in [5.41, 5.74) is 2.03. The van der Waals surface area contributed by atoms with Gasteiger partial charge in [0.05, 0.1) is 0 Å². The summed E-state index contributed by atoms with van der Waals surface area (Å²) in [5.74, 6) is 0. The molecular formula is C9H13NO2. The van der Waals surface area contributed by atoms with Crippen LogP contribution in [0.15, 0.2) is 24.3 Å². The molecule has 0 aromatic heterocycles. The van der Waals surface area contributed by atoms with E-state index < -0.39 is 0 Å². The van der Waals surface area contributed by atoms with E-state index in [0.717, 1.165) is 11.3 Å². The summed E-state index contributed by atoms with van der Waals surface area (Å²) in [6, 6.07) is 7.69. The standard InChI is InChI=1S/C9H11NO2.H2/c1-10-9-4-2-8(3-5-9)6-12-7-11;/h2-5,7,10H,6H2,1H3;1H. The third kappa shape index (κ3) is 2.27. The van der Waals surface area contributed by atoms with Gasteiger partial charge in [0.1, 0.15) is 6.61 Å². The first-order chi connectivity index (χ1) is 5.86. The molecule has 1 N–H and O–H groups in total. The molecule has 1 rings (SSSR count). The van der Waals surface area contributed by atoms with E-state index >= 15 is 0 Å². The van der Waals surface area contributed by atoms with Gasteiger partial charge in [-0.15, -0.1) is 0 Å². The average molecular weight is 167 g/mol. The minimum atomic E-state index is 0. The molecule has 0 aliphatic carbocycles. The summed E-state index contributed by atoms with van der Waals surface area (Å²) in [5, 5.41) is 3.00. The zero-order chi connectivity index (χ0) is 8.81. The van der Waals surface area contributed by atoms with Crippen LogP contribution in [-0.4, -0.2) is 13.5 Å². The molecule has 0 fully saturated rings. The van der Waals surface area contributed by atoms with Gasteiger partial charge in [0.2, 0.25) is 0 Å². The predicted molar refractivity (Wildman–Crippen MR) is 49.0 cm³/mol. The van der Waals surface area contributed by atoms with Crippen LogP contribution < -0.4 is 5.32 Å². The minimum Gasteiger partial charge on any atom is -0.463 e. The highest BCUT2D eigenvalue weighted by Crippen LogP contribution is 2.08. The third-order valence-electron chi connectivity index (χ3n) is 1.56. The number of carbonyl (C=O) groups is 1. The van der Waals surface area contributed by atoms with E-state index in [1.54, 1.807) is 0 Å². The van der Waals surface area contributed by atoms with Crippen molar-refractivity contribution in [2.45, 2.75) is 6.61 Å². The summed E-state index contributed by atoms with van der Waals surface area (Å²) >= 11 is 0. The fraction of sp³-hybridized carbons (Fsp3) is 0.222. The Morgan fingerprint density at radius 3 is 2.67 bits per heavy atom. The maximum absolute atomic E-state index is 9.87. The second kappa shape index (κ2) is 4.38. The van der Waals surface area contributed by atoms with E-state index in [9.17, 15) is 4.79 Å². The summed E-state index contributed by atoms with van der Waals surface area (Å²) in [6.07, 6.45) is 0. The lowest BCUT2D eigenvalue weighted by molar-refractivity contribution is -0.129. The van der Waals surface area contributed by atoms with Crippen molar-refractivity contribution < 1.29 is 11.0 Å². The van der Waals surface area contributed by atoms with Crippen LogP contribution in [0, 0.1) is 0 Å². The van der Waals surface area contributed by atoms with Gasteiger partial charge >= 0.3 is 0 Å². The van der Waals surface area contributed by atoms with E-state index in [0.29, 0.717) is 13.1 Å². The molecule has 0 heterocycles. The number of hydrogen-bond acceptors (Lipinski definition) is 3. The molecular weight excluding hydrogens is 154 g/mol. The molecule has 1 aromatic rings. The molecule has 3 heteroatoms. The first-order valence-corrected chi connectivity index (χ1v) is 3.69. The Morgan fingerprint density at radius 2 is 2.17 bits per heavy atom. The molecule has 0 aliphatic rings. The van der Waals surface area contributed by atoms with Gasteiger partial charge in [0.25, 0.3) is 6.47 Å².